The number of hydrogen-bond acceptors (Lipinski definition) is 6. The largest absolute Gasteiger partial charge is 0.376 e. The first kappa shape index (κ1) is 14.6. The molecule has 1 N–H and O–H groups in total. The minimum Gasteiger partial charge on any atom is -0.376 e. The highest BCUT2D eigenvalue weighted by Crippen LogP contribution is 2.39. The van der Waals surface area contributed by atoms with Gasteiger partial charge in [-0.05, 0) is 43.6 Å². The molecular weight excluding hydrogens is 322 g/mol. The SMILES string of the molecule is C[C@@H]1CCc2sc3nc(NC[C@@H]4CCCO4)n4ncnc4c3c2C1. The molecule has 1 aliphatic carbocycles. The standard InChI is InChI=1S/C17H21N5OS/c1-10-4-5-13-12(7-10)14-15-19-9-20-22(15)17(21-16(14)24-13)18-8-11-3-2-6-23-11/h9-11H,2-8H2,1H3,(H,18,21)/t10-,11+/m1/s1. The lowest BCUT2D eigenvalue weighted by molar-refractivity contribution is 0.120. The van der Waals surface area contributed by atoms with Gasteiger partial charge in [-0.15, -0.1) is 11.3 Å². The third kappa shape index (κ3) is 2.29. The lowest BCUT2D eigenvalue weighted by Gasteiger charge is -2.18. The van der Waals surface area contributed by atoms with Crippen molar-refractivity contribution in [3.8, 4) is 0 Å². The Kier molecular flexibility index (Phi) is 3.45. The van der Waals surface area contributed by atoms with Crippen LogP contribution in [0.1, 0.15) is 36.6 Å². The molecule has 126 valence electrons. The predicted octanol–water partition coefficient (Wildman–Crippen LogP) is 3.05. The second-order valence-electron chi connectivity index (χ2n) is 6.98. The van der Waals surface area contributed by atoms with Gasteiger partial charge in [0, 0.05) is 18.0 Å². The Balaban J connectivity index is 1.59. The summed E-state index contributed by atoms with van der Waals surface area (Å²) in [5.41, 5.74) is 2.38. The number of anilines is 1. The minimum absolute atomic E-state index is 0.276. The van der Waals surface area contributed by atoms with Crippen molar-refractivity contribution in [2.45, 2.75) is 45.1 Å². The summed E-state index contributed by atoms with van der Waals surface area (Å²) in [4.78, 5) is 12.0. The van der Waals surface area contributed by atoms with Gasteiger partial charge in [-0.2, -0.15) is 9.61 Å². The molecular formula is C17H21N5OS. The molecule has 7 heteroatoms. The summed E-state index contributed by atoms with van der Waals surface area (Å²) in [6.07, 6.45) is 7.72. The van der Waals surface area contributed by atoms with E-state index in [4.69, 9.17) is 9.72 Å². The molecule has 0 spiro atoms. The van der Waals surface area contributed by atoms with Crippen molar-refractivity contribution < 1.29 is 4.74 Å². The summed E-state index contributed by atoms with van der Waals surface area (Å²) in [6.45, 7) is 3.97. The number of aryl methyl sites for hydroxylation is 1. The summed E-state index contributed by atoms with van der Waals surface area (Å²) in [5, 5.41) is 9.04. The molecule has 3 aromatic rings. The Hall–Kier alpha value is -1.73. The Morgan fingerprint density at radius 1 is 1.42 bits per heavy atom. The van der Waals surface area contributed by atoms with Crippen LogP contribution < -0.4 is 5.32 Å². The fraction of sp³-hybridized carbons (Fsp3) is 0.588. The first-order valence-electron chi connectivity index (χ1n) is 8.79. The van der Waals surface area contributed by atoms with E-state index in [1.165, 1.54) is 22.2 Å². The molecule has 4 heterocycles. The number of ether oxygens (including phenoxy) is 1. The number of aromatic nitrogens is 4. The third-order valence-corrected chi connectivity index (χ3v) is 6.37. The summed E-state index contributed by atoms with van der Waals surface area (Å²) in [7, 11) is 0. The van der Waals surface area contributed by atoms with Crippen LogP contribution in [0.2, 0.25) is 0 Å². The van der Waals surface area contributed by atoms with Gasteiger partial charge in [0.1, 0.15) is 11.2 Å². The van der Waals surface area contributed by atoms with Crippen molar-refractivity contribution in [1.29, 1.82) is 0 Å². The molecule has 0 aromatic carbocycles. The van der Waals surface area contributed by atoms with Crippen molar-refractivity contribution in [2.75, 3.05) is 18.5 Å². The average molecular weight is 343 g/mol. The van der Waals surface area contributed by atoms with Crippen LogP contribution in [0.3, 0.4) is 0 Å². The first-order chi connectivity index (χ1) is 11.8. The minimum atomic E-state index is 0.276. The van der Waals surface area contributed by atoms with Gasteiger partial charge in [-0.1, -0.05) is 6.92 Å². The number of fused-ring (bicyclic) bond motifs is 5. The smallest absolute Gasteiger partial charge is 0.227 e. The van der Waals surface area contributed by atoms with E-state index in [-0.39, 0.29) is 6.10 Å². The quantitative estimate of drug-likeness (QED) is 0.792. The highest BCUT2D eigenvalue weighted by Gasteiger charge is 2.25. The van der Waals surface area contributed by atoms with Gasteiger partial charge in [-0.25, -0.2) is 9.97 Å². The maximum atomic E-state index is 5.70. The van der Waals surface area contributed by atoms with Gasteiger partial charge in [-0.3, -0.25) is 0 Å². The van der Waals surface area contributed by atoms with Crippen LogP contribution in [0, 0.1) is 5.92 Å². The van der Waals surface area contributed by atoms with E-state index < -0.39 is 0 Å². The summed E-state index contributed by atoms with van der Waals surface area (Å²) in [6, 6.07) is 0. The zero-order valence-electron chi connectivity index (χ0n) is 13.8. The summed E-state index contributed by atoms with van der Waals surface area (Å²) >= 11 is 1.83. The van der Waals surface area contributed by atoms with Crippen molar-refractivity contribution >= 4 is 33.1 Å². The van der Waals surface area contributed by atoms with Gasteiger partial charge in [0.25, 0.3) is 0 Å². The van der Waals surface area contributed by atoms with Crippen molar-refractivity contribution in [2.24, 2.45) is 5.92 Å². The van der Waals surface area contributed by atoms with Crippen LogP contribution in [-0.4, -0.2) is 38.8 Å². The summed E-state index contributed by atoms with van der Waals surface area (Å²) in [5.74, 6) is 1.51. The molecule has 0 amide bonds. The molecule has 2 atom stereocenters. The molecule has 24 heavy (non-hydrogen) atoms. The maximum Gasteiger partial charge on any atom is 0.227 e. The van der Waals surface area contributed by atoms with E-state index in [1.807, 2.05) is 15.9 Å². The lowest BCUT2D eigenvalue weighted by Crippen LogP contribution is -2.20. The normalized spacial score (nSPS) is 23.9. The maximum absolute atomic E-state index is 5.70. The van der Waals surface area contributed by atoms with Gasteiger partial charge >= 0.3 is 0 Å². The molecule has 1 saturated heterocycles. The Morgan fingerprint density at radius 2 is 2.38 bits per heavy atom. The number of rotatable bonds is 3. The number of thiophene rings is 1. The topological polar surface area (TPSA) is 64.3 Å². The fourth-order valence-corrected chi connectivity index (χ4v) is 5.10. The molecule has 0 saturated carbocycles. The van der Waals surface area contributed by atoms with E-state index in [0.717, 1.165) is 61.2 Å². The zero-order valence-corrected chi connectivity index (χ0v) is 14.6. The molecule has 6 nitrogen and oxygen atoms in total. The van der Waals surface area contributed by atoms with Gasteiger partial charge in [0.05, 0.1) is 11.5 Å². The zero-order chi connectivity index (χ0) is 16.1. The van der Waals surface area contributed by atoms with Crippen LogP contribution in [0.4, 0.5) is 5.95 Å². The van der Waals surface area contributed by atoms with Crippen molar-refractivity contribution in [3.63, 3.8) is 0 Å². The molecule has 0 bridgehead atoms. The number of nitrogens with one attached hydrogen (secondary N) is 1. The van der Waals surface area contributed by atoms with E-state index in [9.17, 15) is 0 Å². The monoisotopic (exact) mass is 343 g/mol. The second-order valence-corrected chi connectivity index (χ2v) is 8.06. The molecule has 5 rings (SSSR count). The molecule has 2 aliphatic rings. The lowest BCUT2D eigenvalue weighted by atomic mass is 9.89. The summed E-state index contributed by atoms with van der Waals surface area (Å²) < 4.78 is 7.55. The second kappa shape index (κ2) is 5.67. The molecule has 1 fully saturated rings. The highest BCUT2D eigenvalue weighted by atomic mass is 32.1. The van der Waals surface area contributed by atoms with Gasteiger partial charge in [0.2, 0.25) is 5.95 Å². The highest BCUT2D eigenvalue weighted by molar-refractivity contribution is 7.19. The third-order valence-electron chi connectivity index (χ3n) is 5.18. The van der Waals surface area contributed by atoms with Gasteiger partial charge < -0.3 is 10.1 Å². The molecule has 0 unspecified atom stereocenters. The van der Waals surface area contributed by atoms with Crippen LogP contribution in [-0.2, 0) is 17.6 Å². The fourth-order valence-electron chi connectivity index (χ4n) is 3.89. The molecule has 3 aromatic heterocycles. The number of hydrogen-bond donors (Lipinski definition) is 1. The van der Waals surface area contributed by atoms with Crippen LogP contribution >= 0.6 is 11.3 Å². The van der Waals surface area contributed by atoms with E-state index in [1.54, 1.807) is 6.33 Å². The van der Waals surface area contributed by atoms with Gasteiger partial charge in [0.15, 0.2) is 5.65 Å². The Bertz CT molecular complexity index is 895. The predicted molar refractivity (Wildman–Crippen MR) is 94.8 cm³/mol. The van der Waals surface area contributed by atoms with Crippen molar-refractivity contribution in [1.82, 2.24) is 19.6 Å². The van der Waals surface area contributed by atoms with Crippen molar-refractivity contribution in [3.05, 3.63) is 16.8 Å². The van der Waals surface area contributed by atoms with Crippen LogP contribution in [0.15, 0.2) is 6.33 Å². The van der Waals surface area contributed by atoms with E-state index in [2.05, 4.69) is 22.3 Å². The average Bonchev–Trinajstić information content (AvgIpc) is 3.30. The Morgan fingerprint density at radius 3 is 3.25 bits per heavy atom. The molecule has 1 aliphatic heterocycles. The Labute approximate surface area is 144 Å². The molecule has 0 radical (unpaired) electrons. The van der Waals surface area contributed by atoms with Crippen LogP contribution in [0.25, 0.3) is 15.9 Å². The first-order valence-corrected chi connectivity index (χ1v) is 9.60. The van der Waals surface area contributed by atoms with E-state index >= 15 is 0 Å². The number of nitrogens with zero attached hydrogens (tertiary/aromatic N) is 4. The van der Waals surface area contributed by atoms with Crippen LogP contribution in [0.5, 0.6) is 0 Å². The van der Waals surface area contributed by atoms with E-state index in [0.29, 0.717) is 0 Å².